The van der Waals surface area contributed by atoms with Gasteiger partial charge in [0, 0.05) is 6.20 Å². The SMILES string of the molecule is COc1c(C#N)cnc2[nH]ccc12. The smallest absolute Gasteiger partial charge is 0.149 e. The van der Waals surface area contributed by atoms with Crippen LogP contribution in [0.25, 0.3) is 11.0 Å². The monoisotopic (exact) mass is 173 g/mol. The predicted octanol–water partition coefficient (Wildman–Crippen LogP) is 1.44. The van der Waals surface area contributed by atoms with Crippen molar-refractivity contribution < 1.29 is 4.74 Å². The van der Waals surface area contributed by atoms with E-state index in [1.54, 1.807) is 13.3 Å². The van der Waals surface area contributed by atoms with Crippen molar-refractivity contribution in [2.75, 3.05) is 7.11 Å². The number of H-pyrrole nitrogens is 1. The topological polar surface area (TPSA) is 61.7 Å². The molecular formula is C9H7N3O. The van der Waals surface area contributed by atoms with E-state index in [2.05, 4.69) is 9.97 Å². The van der Waals surface area contributed by atoms with Crippen molar-refractivity contribution >= 4 is 11.0 Å². The number of ether oxygens (including phenoxy) is 1. The van der Waals surface area contributed by atoms with Crippen molar-refractivity contribution in [1.82, 2.24) is 9.97 Å². The average Bonchev–Trinajstić information content (AvgIpc) is 2.63. The van der Waals surface area contributed by atoms with Gasteiger partial charge in [0.15, 0.2) is 0 Å². The average molecular weight is 173 g/mol. The Morgan fingerprint density at radius 1 is 1.62 bits per heavy atom. The number of nitriles is 1. The van der Waals surface area contributed by atoms with Crippen molar-refractivity contribution in [3.8, 4) is 11.8 Å². The van der Waals surface area contributed by atoms with Gasteiger partial charge in [-0.2, -0.15) is 5.26 Å². The summed E-state index contributed by atoms with van der Waals surface area (Å²) in [4.78, 5) is 7.01. The molecule has 2 rings (SSSR count). The van der Waals surface area contributed by atoms with Crippen LogP contribution in [0.2, 0.25) is 0 Å². The fourth-order valence-electron chi connectivity index (χ4n) is 1.28. The van der Waals surface area contributed by atoms with E-state index in [-0.39, 0.29) is 0 Å². The normalized spacial score (nSPS) is 9.85. The summed E-state index contributed by atoms with van der Waals surface area (Å²) in [5, 5.41) is 9.60. The van der Waals surface area contributed by atoms with Gasteiger partial charge in [-0.3, -0.25) is 0 Å². The van der Waals surface area contributed by atoms with Crippen LogP contribution in [-0.2, 0) is 0 Å². The Hall–Kier alpha value is -2.02. The predicted molar refractivity (Wildman–Crippen MR) is 47.4 cm³/mol. The number of nitrogens with zero attached hydrogens (tertiary/aromatic N) is 2. The van der Waals surface area contributed by atoms with Crippen molar-refractivity contribution in [3.63, 3.8) is 0 Å². The highest BCUT2D eigenvalue weighted by molar-refractivity contribution is 5.84. The van der Waals surface area contributed by atoms with Crippen molar-refractivity contribution in [2.45, 2.75) is 0 Å². The summed E-state index contributed by atoms with van der Waals surface area (Å²) in [7, 11) is 1.54. The Morgan fingerprint density at radius 2 is 2.46 bits per heavy atom. The lowest BCUT2D eigenvalue weighted by molar-refractivity contribution is 0.418. The molecule has 0 amide bonds. The lowest BCUT2D eigenvalue weighted by Gasteiger charge is -2.02. The minimum Gasteiger partial charge on any atom is -0.495 e. The third kappa shape index (κ3) is 1.02. The zero-order valence-electron chi connectivity index (χ0n) is 7.03. The van der Waals surface area contributed by atoms with E-state index in [1.165, 1.54) is 6.20 Å². The zero-order chi connectivity index (χ0) is 9.26. The molecule has 0 aliphatic carbocycles. The summed E-state index contributed by atoms with van der Waals surface area (Å²) in [5.41, 5.74) is 1.19. The Kier molecular flexibility index (Phi) is 1.64. The van der Waals surface area contributed by atoms with Crippen LogP contribution >= 0.6 is 0 Å². The summed E-state index contributed by atoms with van der Waals surface area (Å²) >= 11 is 0. The molecule has 4 heteroatoms. The third-order valence-electron chi connectivity index (χ3n) is 1.86. The van der Waals surface area contributed by atoms with Crippen molar-refractivity contribution in [1.29, 1.82) is 5.26 Å². The Morgan fingerprint density at radius 3 is 3.15 bits per heavy atom. The van der Waals surface area contributed by atoms with Crippen molar-refractivity contribution in [2.24, 2.45) is 0 Å². The highest BCUT2D eigenvalue weighted by Crippen LogP contribution is 2.26. The maximum atomic E-state index is 8.77. The Bertz CT molecular complexity index is 481. The fraction of sp³-hybridized carbons (Fsp3) is 0.111. The van der Waals surface area contributed by atoms with E-state index >= 15 is 0 Å². The fourth-order valence-corrected chi connectivity index (χ4v) is 1.28. The van der Waals surface area contributed by atoms with Gasteiger partial charge in [-0.1, -0.05) is 0 Å². The molecule has 0 spiro atoms. The van der Waals surface area contributed by atoms with Crippen LogP contribution in [0.1, 0.15) is 5.56 Å². The number of rotatable bonds is 1. The third-order valence-corrected chi connectivity index (χ3v) is 1.86. The molecule has 0 atom stereocenters. The number of aromatic amines is 1. The molecule has 0 aliphatic heterocycles. The largest absolute Gasteiger partial charge is 0.495 e. The molecule has 0 aliphatic rings. The lowest BCUT2D eigenvalue weighted by atomic mass is 10.2. The number of nitrogens with one attached hydrogen (secondary N) is 1. The van der Waals surface area contributed by atoms with Crippen molar-refractivity contribution in [3.05, 3.63) is 24.0 Å². The summed E-state index contributed by atoms with van der Waals surface area (Å²) < 4.78 is 5.13. The molecule has 64 valence electrons. The van der Waals surface area contributed by atoms with Crippen LogP contribution in [-0.4, -0.2) is 17.1 Å². The molecule has 0 fully saturated rings. The molecule has 4 nitrogen and oxygen atoms in total. The summed E-state index contributed by atoms with van der Waals surface area (Å²) in [6.07, 6.45) is 3.26. The Labute approximate surface area is 74.8 Å². The van der Waals surface area contributed by atoms with E-state index in [4.69, 9.17) is 10.00 Å². The first-order chi connectivity index (χ1) is 6.36. The number of hydrogen-bond acceptors (Lipinski definition) is 3. The first-order valence-electron chi connectivity index (χ1n) is 3.77. The first kappa shape index (κ1) is 7.62. The molecule has 0 unspecified atom stereocenters. The first-order valence-corrected chi connectivity index (χ1v) is 3.77. The number of aromatic nitrogens is 2. The van der Waals surface area contributed by atoms with Gasteiger partial charge < -0.3 is 9.72 Å². The number of pyridine rings is 1. The second-order valence-corrected chi connectivity index (χ2v) is 2.56. The van der Waals surface area contributed by atoms with E-state index in [1.807, 2.05) is 12.1 Å². The molecule has 0 aromatic carbocycles. The van der Waals surface area contributed by atoms with Gasteiger partial charge in [-0.25, -0.2) is 4.98 Å². The number of hydrogen-bond donors (Lipinski definition) is 1. The number of fused-ring (bicyclic) bond motifs is 1. The summed E-state index contributed by atoms with van der Waals surface area (Å²) in [6, 6.07) is 3.86. The lowest BCUT2D eigenvalue weighted by Crippen LogP contribution is -1.90. The van der Waals surface area contributed by atoms with Crippen LogP contribution < -0.4 is 4.74 Å². The zero-order valence-corrected chi connectivity index (χ0v) is 7.03. The molecule has 0 radical (unpaired) electrons. The van der Waals surface area contributed by atoms with Crippen LogP contribution in [0.5, 0.6) is 5.75 Å². The van der Waals surface area contributed by atoms with Gasteiger partial charge in [0.1, 0.15) is 23.0 Å². The second kappa shape index (κ2) is 2.79. The van der Waals surface area contributed by atoms with Crippen LogP contribution in [0.15, 0.2) is 18.5 Å². The second-order valence-electron chi connectivity index (χ2n) is 2.56. The highest BCUT2D eigenvalue weighted by Gasteiger charge is 2.08. The van der Waals surface area contributed by atoms with E-state index < -0.39 is 0 Å². The number of methoxy groups -OCH3 is 1. The quantitative estimate of drug-likeness (QED) is 0.709. The summed E-state index contributed by atoms with van der Waals surface area (Å²) in [5.74, 6) is 0.578. The van der Waals surface area contributed by atoms with Gasteiger partial charge in [0.2, 0.25) is 0 Å². The molecule has 0 bridgehead atoms. The molecule has 2 aromatic rings. The van der Waals surface area contributed by atoms with Crippen LogP contribution in [0.3, 0.4) is 0 Å². The van der Waals surface area contributed by atoms with Crippen LogP contribution in [0, 0.1) is 11.3 Å². The minimum atomic E-state index is 0.453. The van der Waals surface area contributed by atoms with E-state index in [0.717, 1.165) is 11.0 Å². The molecule has 0 saturated carbocycles. The molecular weight excluding hydrogens is 166 g/mol. The Balaban J connectivity index is 2.84. The van der Waals surface area contributed by atoms with Gasteiger partial charge in [0.05, 0.1) is 18.7 Å². The van der Waals surface area contributed by atoms with Gasteiger partial charge in [-0.05, 0) is 6.07 Å². The van der Waals surface area contributed by atoms with Gasteiger partial charge in [-0.15, -0.1) is 0 Å². The molecule has 0 saturated heterocycles. The van der Waals surface area contributed by atoms with E-state index in [0.29, 0.717) is 11.3 Å². The molecule has 1 N–H and O–H groups in total. The van der Waals surface area contributed by atoms with E-state index in [9.17, 15) is 0 Å². The van der Waals surface area contributed by atoms with Gasteiger partial charge in [0.25, 0.3) is 0 Å². The van der Waals surface area contributed by atoms with Gasteiger partial charge >= 0.3 is 0 Å². The molecule has 13 heavy (non-hydrogen) atoms. The van der Waals surface area contributed by atoms with Crippen LogP contribution in [0.4, 0.5) is 0 Å². The minimum absolute atomic E-state index is 0.453. The maximum Gasteiger partial charge on any atom is 0.149 e. The molecule has 2 aromatic heterocycles. The summed E-state index contributed by atoms with van der Waals surface area (Å²) in [6.45, 7) is 0. The standard InChI is InChI=1S/C9H7N3O/c1-13-8-6(4-10)5-12-9-7(8)2-3-11-9/h2-3,5H,1H3,(H,11,12). The highest BCUT2D eigenvalue weighted by atomic mass is 16.5. The molecule has 2 heterocycles. The maximum absolute atomic E-state index is 8.77.